The van der Waals surface area contributed by atoms with E-state index in [-0.39, 0.29) is 0 Å². The molecule has 1 aromatic carbocycles. The summed E-state index contributed by atoms with van der Waals surface area (Å²) in [5.74, 6) is 0.810. The second-order valence-corrected chi connectivity index (χ2v) is 6.16. The number of rotatable bonds is 2. The standard InChI is InChI=1S/C13H15BrN2S/c14-10-5-6-12-11(7-10)15-13(17)16(12)8-9-3-1-2-4-9/h5-7,9H,1-4,8H2,(H,15,17). The molecule has 90 valence electrons. The van der Waals surface area contributed by atoms with Crippen LogP contribution in [0.3, 0.4) is 0 Å². The van der Waals surface area contributed by atoms with Gasteiger partial charge in [0.2, 0.25) is 0 Å². The molecular formula is C13H15BrN2S. The first-order valence-corrected chi connectivity index (χ1v) is 7.32. The van der Waals surface area contributed by atoms with E-state index < -0.39 is 0 Å². The van der Waals surface area contributed by atoms with Gasteiger partial charge in [-0.25, -0.2) is 0 Å². The molecule has 1 aliphatic rings. The minimum Gasteiger partial charge on any atom is -0.331 e. The van der Waals surface area contributed by atoms with Crippen LogP contribution >= 0.6 is 28.1 Å². The van der Waals surface area contributed by atoms with Gasteiger partial charge in [0.15, 0.2) is 4.77 Å². The van der Waals surface area contributed by atoms with Crippen molar-refractivity contribution in [2.24, 2.45) is 5.92 Å². The van der Waals surface area contributed by atoms with Crippen molar-refractivity contribution in [1.29, 1.82) is 0 Å². The van der Waals surface area contributed by atoms with Gasteiger partial charge in [-0.2, -0.15) is 0 Å². The maximum atomic E-state index is 5.42. The zero-order valence-corrected chi connectivity index (χ0v) is 12.0. The quantitative estimate of drug-likeness (QED) is 0.801. The van der Waals surface area contributed by atoms with E-state index in [2.05, 4.69) is 43.7 Å². The molecule has 0 aliphatic heterocycles. The van der Waals surface area contributed by atoms with Crippen molar-refractivity contribution in [3.05, 3.63) is 27.4 Å². The van der Waals surface area contributed by atoms with E-state index in [1.54, 1.807) is 0 Å². The van der Waals surface area contributed by atoms with Gasteiger partial charge in [-0.15, -0.1) is 0 Å². The number of aromatic nitrogens is 2. The molecule has 0 spiro atoms. The second kappa shape index (κ2) is 4.58. The lowest BCUT2D eigenvalue weighted by molar-refractivity contribution is 0.461. The van der Waals surface area contributed by atoms with Gasteiger partial charge in [-0.1, -0.05) is 28.8 Å². The molecule has 3 rings (SSSR count). The van der Waals surface area contributed by atoms with Gasteiger partial charge < -0.3 is 9.55 Å². The van der Waals surface area contributed by atoms with Crippen LogP contribution in [0.2, 0.25) is 0 Å². The summed E-state index contributed by atoms with van der Waals surface area (Å²) in [5, 5.41) is 0. The second-order valence-electron chi connectivity index (χ2n) is 4.85. The highest BCUT2D eigenvalue weighted by Crippen LogP contribution is 2.28. The zero-order chi connectivity index (χ0) is 11.8. The number of nitrogens with one attached hydrogen (secondary N) is 1. The van der Waals surface area contributed by atoms with Crippen LogP contribution in [0, 0.1) is 10.7 Å². The van der Waals surface area contributed by atoms with E-state index in [1.165, 1.54) is 31.2 Å². The Balaban J connectivity index is 2.02. The molecule has 0 radical (unpaired) electrons. The molecule has 0 unspecified atom stereocenters. The summed E-state index contributed by atoms with van der Waals surface area (Å²) in [5.41, 5.74) is 2.35. The Morgan fingerprint density at radius 3 is 2.88 bits per heavy atom. The van der Waals surface area contributed by atoms with Crippen LogP contribution < -0.4 is 0 Å². The monoisotopic (exact) mass is 310 g/mol. The molecule has 1 aliphatic carbocycles. The largest absolute Gasteiger partial charge is 0.331 e. The zero-order valence-electron chi connectivity index (χ0n) is 9.58. The summed E-state index contributed by atoms with van der Waals surface area (Å²) in [6, 6.07) is 6.31. The minimum absolute atomic E-state index is 0.810. The van der Waals surface area contributed by atoms with Gasteiger partial charge in [-0.3, -0.25) is 0 Å². The SMILES string of the molecule is S=c1[nH]c2cc(Br)ccc2n1CC1CCCC1. The number of nitrogens with zero attached hydrogens (tertiary/aromatic N) is 1. The highest BCUT2D eigenvalue weighted by molar-refractivity contribution is 9.10. The molecule has 0 atom stereocenters. The molecule has 1 saturated carbocycles. The number of H-pyrrole nitrogens is 1. The summed E-state index contributed by atoms with van der Waals surface area (Å²) in [7, 11) is 0. The third-order valence-electron chi connectivity index (χ3n) is 3.65. The predicted molar refractivity (Wildman–Crippen MR) is 76.8 cm³/mol. The van der Waals surface area contributed by atoms with Crippen LogP contribution in [0.1, 0.15) is 25.7 Å². The summed E-state index contributed by atoms with van der Waals surface area (Å²) >= 11 is 8.91. The summed E-state index contributed by atoms with van der Waals surface area (Å²) in [6.45, 7) is 1.07. The average molecular weight is 311 g/mol. The lowest BCUT2D eigenvalue weighted by Gasteiger charge is -2.10. The molecule has 2 nitrogen and oxygen atoms in total. The summed E-state index contributed by atoms with van der Waals surface area (Å²) in [6.07, 6.45) is 5.47. The lowest BCUT2D eigenvalue weighted by Crippen LogP contribution is -2.07. The highest BCUT2D eigenvalue weighted by atomic mass is 79.9. The Labute approximate surface area is 114 Å². The maximum Gasteiger partial charge on any atom is 0.178 e. The van der Waals surface area contributed by atoms with Crippen LogP contribution in [0.5, 0.6) is 0 Å². The van der Waals surface area contributed by atoms with E-state index in [0.717, 1.165) is 27.2 Å². The number of benzene rings is 1. The van der Waals surface area contributed by atoms with Crippen LogP contribution in [-0.2, 0) is 6.54 Å². The van der Waals surface area contributed by atoms with Crippen LogP contribution in [-0.4, -0.2) is 9.55 Å². The molecule has 0 amide bonds. The molecule has 0 bridgehead atoms. The van der Waals surface area contributed by atoms with Gasteiger partial charge in [0.05, 0.1) is 11.0 Å². The third-order valence-corrected chi connectivity index (χ3v) is 4.47. The fraction of sp³-hybridized carbons (Fsp3) is 0.462. The number of aromatic amines is 1. The number of halogens is 1. The molecule has 17 heavy (non-hydrogen) atoms. The van der Waals surface area contributed by atoms with E-state index in [4.69, 9.17) is 12.2 Å². The Kier molecular flexibility index (Phi) is 3.09. The first kappa shape index (κ1) is 11.5. The van der Waals surface area contributed by atoms with Gasteiger partial charge >= 0.3 is 0 Å². The van der Waals surface area contributed by atoms with Gasteiger partial charge in [0, 0.05) is 11.0 Å². The van der Waals surface area contributed by atoms with Crippen LogP contribution in [0.4, 0.5) is 0 Å². The minimum atomic E-state index is 0.810. The molecule has 4 heteroatoms. The van der Waals surface area contributed by atoms with Crippen LogP contribution in [0.15, 0.2) is 22.7 Å². The molecule has 2 aromatic rings. The van der Waals surface area contributed by atoms with E-state index >= 15 is 0 Å². The maximum absolute atomic E-state index is 5.42. The van der Waals surface area contributed by atoms with E-state index in [1.807, 2.05) is 0 Å². The van der Waals surface area contributed by atoms with Crippen molar-refractivity contribution in [3.8, 4) is 0 Å². The van der Waals surface area contributed by atoms with Crippen molar-refractivity contribution < 1.29 is 0 Å². The highest BCUT2D eigenvalue weighted by Gasteiger charge is 2.17. The topological polar surface area (TPSA) is 20.7 Å². The normalized spacial score (nSPS) is 17.0. The van der Waals surface area contributed by atoms with Crippen LogP contribution in [0.25, 0.3) is 11.0 Å². The Morgan fingerprint density at radius 2 is 2.12 bits per heavy atom. The van der Waals surface area contributed by atoms with Crippen molar-refractivity contribution in [2.75, 3.05) is 0 Å². The van der Waals surface area contributed by atoms with E-state index in [0.29, 0.717) is 0 Å². The van der Waals surface area contributed by atoms with Gasteiger partial charge in [0.25, 0.3) is 0 Å². The number of hydrogen-bond donors (Lipinski definition) is 1. The third kappa shape index (κ3) is 2.20. The number of fused-ring (bicyclic) bond motifs is 1. The van der Waals surface area contributed by atoms with E-state index in [9.17, 15) is 0 Å². The average Bonchev–Trinajstić information content (AvgIpc) is 2.88. The molecule has 1 heterocycles. The molecule has 1 aromatic heterocycles. The fourth-order valence-corrected chi connectivity index (χ4v) is 3.41. The van der Waals surface area contributed by atoms with Gasteiger partial charge in [0.1, 0.15) is 0 Å². The number of hydrogen-bond acceptors (Lipinski definition) is 1. The van der Waals surface area contributed by atoms with Gasteiger partial charge in [-0.05, 0) is 49.2 Å². The van der Waals surface area contributed by atoms with Crippen molar-refractivity contribution >= 4 is 39.2 Å². The molecule has 1 fully saturated rings. The molecule has 1 N–H and O–H groups in total. The Bertz CT molecular complexity index is 593. The Morgan fingerprint density at radius 1 is 1.35 bits per heavy atom. The van der Waals surface area contributed by atoms with Crippen molar-refractivity contribution in [2.45, 2.75) is 32.2 Å². The van der Waals surface area contributed by atoms with Crippen molar-refractivity contribution in [1.82, 2.24) is 9.55 Å². The Hall–Kier alpha value is -0.610. The smallest absolute Gasteiger partial charge is 0.178 e. The summed E-state index contributed by atoms with van der Waals surface area (Å²) < 4.78 is 4.20. The first-order valence-electron chi connectivity index (χ1n) is 6.12. The van der Waals surface area contributed by atoms with Crippen molar-refractivity contribution in [3.63, 3.8) is 0 Å². The number of imidazole rings is 1. The molecule has 0 saturated heterocycles. The fourth-order valence-electron chi connectivity index (χ4n) is 2.77. The first-order chi connectivity index (χ1) is 8.24. The predicted octanol–water partition coefficient (Wildman–Crippen LogP) is 4.65. The summed E-state index contributed by atoms with van der Waals surface area (Å²) in [4.78, 5) is 3.29. The molecular weight excluding hydrogens is 296 g/mol. The lowest BCUT2D eigenvalue weighted by atomic mass is 10.1.